The first-order valence-electron chi connectivity index (χ1n) is 5.42. The lowest BCUT2D eigenvalue weighted by molar-refractivity contribution is 0.0696. The molecule has 1 fully saturated rings. The molecule has 0 bridgehead atoms. The Morgan fingerprint density at radius 2 is 1.82 bits per heavy atom. The van der Waals surface area contributed by atoms with Crippen LogP contribution >= 0.6 is 11.6 Å². The van der Waals surface area contributed by atoms with E-state index < -0.39 is 5.97 Å². The van der Waals surface area contributed by atoms with E-state index in [9.17, 15) is 4.79 Å². The van der Waals surface area contributed by atoms with Gasteiger partial charge in [-0.1, -0.05) is 11.6 Å². The summed E-state index contributed by atoms with van der Waals surface area (Å²) in [5, 5.41) is 9.14. The van der Waals surface area contributed by atoms with Crippen LogP contribution in [-0.2, 0) is 0 Å². The number of aromatic carboxylic acids is 1. The van der Waals surface area contributed by atoms with Gasteiger partial charge in [-0.25, -0.2) is 4.79 Å². The smallest absolute Gasteiger partial charge is 0.337 e. The van der Waals surface area contributed by atoms with Crippen LogP contribution in [0.2, 0.25) is 5.02 Å². The molecule has 1 N–H and O–H groups in total. The predicted molar refractivity (Wildman–Crippen MR) is 61.1 cm³/mol. The molecule has 1 saturated carbocycles. The number of ether oxygens (including phenoxy) is 2. The highest BCUT2D eigenvalue weighted by Crippen LogP contribution is 2.49. The monoisotopic (exact) mass is 254 g/mol. The molecule has 2 aliphatic rings. The first-order valence-corrected chi connectivity index (χ1v) is 5.80. The van der Waals surface area contributed by atoms with Gasteiger partial charge in [0.1, 0.15) is 0 Å². The Morgan fingerprint density at radius 1 is 1.24 bits per heavy atom. The molecule has 0 atom stereocenters. The van der Waals surface area contributed by atoms with Crippen molar-refractivity contribution in [2.45, 2.75) is 12.8 Å². The lowest BCUT2D eigenvalue weighted by Crippen LogP contribution is -2.17. The van der Waals surface area contributed by atoms with Crippen LogP contribution in [0, 0.1) is 5.41 Å². The van der Waals surface area contributed by atoms with Gasteiger partial charge in [-0.3, -0.25) is 0 Å². The molecule has 0 radical (unpaired) electrons. The van der Waals surface area contributed by atoms with Gasteiger partial charge in [0.2, 0.25) is 0 Å². The van der Waals surface area contributed by atoms with Crippen molar-refractivity contribution in [3.8, 4) is 11.5 Å². The summed E-state index contributed by atoms with van der Waals surface area (Å²) in [6.07, 6.45) is 2.20. The Labute approximate surface area is 103 Å². The summed E-state index contributed by atoms with van der Waals surface area (Å²) in [4.78, 5) is 11.0. The number of carboxylic acids is 1. The molecule has 1 spiro atoms. The number of carbonyl (C=O) groups is 1. The number of carboxylic acid groups (broad SMARTS) is 1. The van der Waals surface area contributed by atoms with Crippen molar-refractivity contribution in [1.29, 1.82) is 0 Å². The van der Waals surface area contributed by atoms with Crippen molar-refractivity contribution in [2.75, 3.05) is 13.2 Å². The van der Waals surface area contributed by atoms with E-state index in [0.717, 1.165) is 12.8 Å². The van der Waals surface area contributed by atoms with Crippen LogP contribution in [0.25, 0.3) is 0 Å². The number of halogens is 1. The Kier molecular flexibility index (Phi) is 2.23. The highest BCUT2D eigenvalue weighted by atomic mass is 35.5. The summed E-state index contributed by atoms with van der Waals surface area (Å²) >= 11 is 5.88. The van der Waals surface area contributed by atoms with Crippen molar-refractivity contribution in [3.05, 3.63) is 22.7 Å². The molecule has 1 heterocycles. The van der Waals surface area contributed by atoms with E-state index in [0.29, 0.717) is 24.7 Å². The van der Waals surface area contributed by atoms with Crippen molar-refractivity contribution < 1.29 is 19.4 Å². The first-order chi connectivity index (χ1) is 8.10. The molecule has 5 heteroatoms. The zero-order chi connectivity index (χ0) is 12.0. The molecular formula is C12H11ClO4. The third-order valence-electron chi connectivity index (χ3n) is 3.29. The van der Waals surface area contributed by atoms with Gasteiger partial charge in [0, 0.05) is 17.5 Å². The average Bonchev–Trinajstić information content (AvgIpc) is 3.07. The second kappa shape index (κ2) is 3.53. The molecule has 0 unspecified atom stereocenters. The quantitative estimate of drug-likeness (QED) is 0.837. The van der Waals surface area contributed by atoms with Gasteiger partial charge in [0.05, 0.1) is 23.8 Å². The SMILES string of the molecule is O=C(O)c1cc2c(cc1Cl)OCC1(CC1)CO2. The fourth-order valence-electron chi connectivity index (χ4n) is 1.89. The predicted octanol–water partition coefficient (Wildman–Crippen LogP) is 2.59. The standard InChI is InChI=1S/C12H11ClO4/c13-8-4-10-9(3-7(8)11(14)15)16-5-12(1-2-12)6-17-10/h3-4H,1-2,5-6H2,(H,14,15). The number of hydrogen-bond acceptors (Lipinski definition) is 3. The van der Waals surface area contributed by atoms with Gasteiger partial charge in [0.25, 0.3) is 0 Å². The van der Waals surface area contributed by atoms with Crippen LogP contribution in [-0.4, -0.2) is 24.3 Å². The van der Waals surface area contributed by atoms with Gasteiger partial charge in [-0.15, -0.1) is 0 Å². The fourth-order valence-corrected chi connectivity index (χ4v) is 2.13. The maximum Gasteiger partial charge on any atom is 0.337 e. The molecule has 3 rings (SSSR count). The molecule has 1 aliphatic heterocycles. The van der Waals surface area contributed by atoms with E-state index in [2.05, 4.69) is 0 Å². The maximum atomic E-state index is 11.0. The second-order valence-corrected chi connectivity index (χ2v) is 5.07. The first kappa shape index (κ1) is 10.7. The minimum absolute atomic E-state index is 0.0424. The number of hydrogen-bond donors (Lipinski definition) is 1. The number of rotatable bonds is 1. The van der Waals surface area contributed by atoms with Crippen LogP contribution in [0.15, 0.2) is 12.1 Å². The minimum atomic E-state index is -1.06. The van der Waals surface area contributed by atoms with Gasteiger partial charge in [-0.2, -0.15) is 0 Å². The molecule has 1 aromatic rings. The number of fused-ring (bicyclic) bond motifs is 1. The van der Waals surface area contributed by atoms with E-state index in [1.165, 1.54) is 12.1 Å². The molecule has 0 aromatic heterocycles. The zero-order valence-corrected chi connectivity index (χ0v) is 9.79. The van der Waals surface area contributed by atoms with Crippen molar-refractivity contribution in [3.63, 3.8) is 0 Å². The maximum absolute atomic E-state index is 11.0. The molecule has 90 valence electrons. The molecular weight excluding hydrogens is 244 g/mol. The Bertz CT molecular complexity index is 494. The normalized spacial score (nSPS) is 19.8. The summed E-state index contributed by atoms with van der Waals surface area (Å²) in [5.41, 5.74) is 0.176. The summed E-state index contributed by atoms with van der Waals surface area (Å²) in [7, 11) is 0. The lowest BCUT2D eigenvalue weighted by atomic mass is 10.1. The van der Waals surface area contributed by atoms with Gasteiger partial charge in [-0.05, 0) is 12.8 Å². The van der Waals surface area contributed by atoms with E-state index in [1.54, 1.807) is 0 Å². The van der Waals surface area contributed by atoms with Crippen LogP contribution in [0.1, 0.15) is 23.2 Å². The van der Waals surface area contributed by atoms with Gasteiger partial charge < -0.3 is 14.6 Å². The fraction of sp³-hybridized carbons (Fsp3) is 0.417. The van der Waals surface area contributed by atoms with Gasteiger partial charge >= 0.3 is 5.97 Å². The van der Waals surface area contributed by atoms with Crippen LogP contribution < -0.4 is 9.47 Å². The third kappa shape index (κ3) is 1.82. The molecule has 1 aromatic carbocycles. The average molecular weight is 255 g/mol. The highest BCUT2D eigenvalue weighted by Gasteiger charge is 2.46. The summed E-state index contributed by atoms with van der Waals surface area (Å²) in [6.45, 7) is 1.20. The van der Waals surface area contributed by atoms with Gasteiger partial charge in [0.15, 0.2) is 11.5 Å². The Balaban J connectivity index is 1.98. The van der Waals surface area contributed by atoms with E-state index in [-0.39, 0.29) is 16.0 Å². The van der Waals surface area contributed by atoms with Crippen molar-refractivity contribution in [1.82, 2.24) is 0 Å². The highest BCUT2D eigenvalue weighted by molar-refractivity contribution is 6.33. The topological polar surface area (TPSA) is 55.8 Å². The molecule has 0 amide bonds. The number of benzene rings is 1. The van der Waals surface area contributed by atoms with E-state index >= 15 is 0 Å². The van der Waals surface area contributed by atoms with Crippen LogP contribution in [0.3, 0.4) is 0 Å². The Hall–Kier alpha value is -1.42. The largest absolute Gasteiger partial charge is 0.489 e. The molecule has 0 saturated heterocycles. The van der Waals surface area contributed by atoms with E-state index in [1.807, 2.05) is 0 Å². The van der Waals surface area contributed by atoms with E-state index in [4.69, 9.17) is 26.2 Å². The summed E-state index contributed by atoms with van der Waals surface area (Å²) < 4.78 is 11.3. The molecule has 4 nitrogen and oxygen atoms in total. The molecule has 17 heavy (non-hydrogen) atoms. The van der Waals surface area contributed by atoms with Crippen molar-refractivity contribution >= 4 is 17.6 Å². The van der Waals surface area contributed by atoms with Crippen LogP contribution in [0.5, 0.6) is 11.5 Å². The minimum Gasteiger partial charge on any atom is -0.489 e. The summed E-state index contributed by atoms with van der Waals surface area (Å²) in [5.74, 6) is -0.0638. The van der Waals surface area contributed by atoms with Crippen LogP contribution in [0.4, 0.5) is 0 Å². The summed E-state index contributed by atoms with van der Waals surface area (Å²) in [6, 6.07) is 2.95. The Morgan fingerprint density at radius 3 is 2.35 bits per heavy atom. The zero-order valence-electron chi connectivity index (χ0n) is 9.03. The van der Waals surface area contributed by atoms with Crippen molar-refractivity contribution in [2.24, 2.45) is 5.41 Å². The second-order valence-electron chi connectivity index (χ2n) is 4.66. The lowest BCUT2D eigenvalue weighted by Gasteiger charge is -2.08. The molecule has 1 aliphatic carbocycles. The third-order valence-corrected chi connectivity index (χ3v) is 3.60.